The van der Waals surface area contributed by atoms with Crippen molar-refractivity contribution < 1.29 is 4.79 Å². The van der Waals surface area contributed by atoms with Gasteiger partial charge >= 0.3 is 0 Å². The second-order valence-corrected chi connectivity index (χ2v) is 6.19. The highest BCUT2D eigenvalue weighted by Crippen LogP contribution is 2.20. The van der Waals surface area contributed by atoms with Crippen molar-refractivity contribution in [1.29, 1.82) is 0 Å². The lowest BCUT2D eigenvalue weighted by molar-refractivity contribution is 0.102. The molecule has 0 saturated carbocycles. The number of carbonyl (C=O) groups excluding carboxylic acids is 1. The fourth-order valence-electron chi connectivity index (χ4n) is 2.45. The number of halogens is 1. The van der Waals surface area contributed by atoms with E-state index in [9.17, 15) is 4.79 Å². The fourth-order valence-corrected chi connectivity index (χ4v) is 3.08. The molecule has 1 aromatic heterocycles. The molecule has 1 aliphatic heterocycles. The maximum absolute atomic E-state index is 12.2. The Morgan fingerprint density at radius 1 is 1.14 bits per heavy atom. The van der Waals surface area contributed by atoms with Gasteiger partial charge in [0.05, 0.1) is 17.4 Å². The molecule has 1 N–H and O–H groups in total. The molecule has 1 saturated heterocycles. The number of aromatic nitrogens is 1. The molecule has 0 aliphatic carbocycles. The molecule has 0 unspecified atom stereocenters. The number of rotatable bonds is 3. The zero-order valence-electron chi connectivity index (χ0n) is 11.6. The van der Waals surface area contributed by atoms with Gasteiger partial charge < -0.3 is 10.2 Å². The average Bonchev–Trinajstić information content (AvgIpc) is 3.02. The van der Waals surface area contributed by atoms with E-state index in [1.54, 1.807) is 0 Å². The number of nitrogens with zero attached hydrogens (tertiary/aromatic N) is 2. The van der Waals surface area contributed by atoms with Crippen molar-refractivity contribution in [2.75, 3.05) is 23.3 Å². The van der Waals surface area contributed by atoms with Gasteiger partial charge in [0.25, 0.3) is 5.91 Å². The SMILES string of the molecule is O=C(Nc1ccc(N2CCCC2)cn1)c1ccccc1I. The number of anilines is 2. The number of nitrogens with one attached hydrogen (secondary N) is 1. The van der Waals surface area contributed by atoms with E-state index in [-0.39, 0.29) is 5.91 Å². The number of hydrogen-bond acceptors (Lipinski definition) is 3. The van der Waals surface area contributed by atoms with Crippen molar-refractivity contribution in [2.45, 2.75) is 12.8 Å². The summed E-state index contributed by atoms with van der Waals surface area (Å²) in [6, 6.07) is 11.4. The minimum absolute atomic E-state index is 0.124. The van der Waals surface area contributed by atoms with Crippen LogP contribution in [0.4, 0.5) is 11.5 Å². The van der Waals surface area contributed by atoms with E-state index in [2.05, 4.69) is 37.8 Å². The Labute approximate surface area is 137 Å². The smallest absolute Gasteiger partial charge is 0.257 e. The molecule has 0 spiro atoms. The van der Waals surface area contributed by atoms with Crippen LogP contribution in [0.5, 0.6) is 0 Å². The second kappa shape index (κ2) is 6.43. The number of pyridine rings is 1. The van der Waals surface area contributed by atoms with Gasteiger partial charge in [0.2, 0.25) is 0 Å². The van der Waals surface area contributed by atoms with Crippen molar-refractivity contribution in [3.8, 4) is 0 Å². The van der Waals surface area contributed by atoms with Crippen LogP contribution in [0.25, 0.3) is 0 Å². The molecule has 108 valence electrons. The van der Waals surface area contributed by atoms with Crippen LogP contribution >= 0.6 is 22.6 Å². The number of benzene rings is 1. The summed E-state index contributed by atoms with van der Waals surface area (Å²) < 4.78 is 0.932. The quantitative estimate of drug-likeness (QED) is 0.812. The molecule has 4 nitrogen and oxygen atoms in total. The van der Waals surface area contributed by atoms with Crippen LogP contribution in [-0.4, -0.2) is 24.0 Å². The molecular formula is C16H16IN3O. The van der Waals surface area contributed by atoms with E-state index >= 15 is 0 Å². The Morgan fingerprint density at radius 3 is 2.57 bits per heavy atom. The summed E-state index contributed by atoms with van der Waals surface area (Å²) in [7, 11) is 0. The molecule has 5 heteroatoms. The average molecular weight is 393 g/mol. The Balaban J connectivity index is 1.70. The van der Waals surface area contributed by atoms with Crippen LogP contribution in [0.3, 0.4) is 0 Å². The predicted molar refractivity (Wildman–Crippen MR) is 92.8 cm³/mol. The van der Waals surface area contributed by atoms with Crippen LogP contribution in [0.2, 0.25) is 0 Å². The summed E-state index contributed by atoms with van der Waals surface area (Å²) in [6.45, 7) is 2.19. The van der Waals surface area contributed by atoms with E-state index < -0.39 is 0 Å². The highest BCUT2D eigenvalue weighted by molar-refractivity contribution is 14.1. The van der Waals surface area contributed by atoms with Crippen molar-refractivity contribution in [3.63, 3.8) is 0 Å². The lowest BCUT2D eigenvalue weighted by Crippen LogP contribution is -2.18. The standard InChI is InChI=1S/C16H16IN3O/c17-14-6-2-1-5-13(14)16(21)19-15-8-7-12(11-18-15)20-9-3-4-10-20/h1-2,5-8,11H,3-4,9-10H2,(H,18,19,21). The number of amides is 1. The highest BCUT2D eigenvalue weighted by Gasteiger charge is 2.13. The lowest BCUT2D eigenvalue weighted by atomic mass is 10.2. The predicted octanol–water partition coefficient (Wildman–Crippen LogP) is 3.54. The van der Waals surface area contributed by atoms with Gasteiger partial charge in [0, 0.05) is 16.7 Å². The maximum Gasteiger partial charge on any atom is 0.257 e. The zero-order valence-corrected chi connectivity index (χ0v) is 13.7. The number of hydrogen-bond donors (Lipinski definition) is 1. The summed E-state index contributed by atoms with van der Waals surface area (Å²) in [4.78, 5) is 18.9. The first kappa shape index (κ1) is 14.3. The first-order chi connectivity index (χ1) is 10.2. The molecule has 1 fully saturated rings. The van der Waals surface area contributed by atoms with Crippen molar-refractivity contribution >= 4 is 40.0 Å². The molecular weight excluding hydrogens is 377 g/mol. The van der Waals surface area contributed by atoms with Gasteiger partial charge in [-0.1, -0.05) is 12.1 Å². The third-order valence-electron chi connectivity index (χ3n) is 3.58. The molecule has 2 aromatic rings. The zero-order chi connectivity index (χ0) is 14.7. The molecule has 3 rings (SSSR count). The van der Waals surface area contributed by atoms with Crippen LogP contribution in [0.1, 0.15) is 23.2 Å². The van der Waals surface area contributed by atoms with Gasteiger partial charge in [-0.25, -0.2) is 4.98 Å². The molecule has 0 bridgehead atoms. The molecule has 0 atom stereocenters. The van der Waals surface area contributed by atoms with Crippen molar-refractivity contribution in [3.05, 3.63) is 51.7 Å². The van der Waals surface area contributed by atoms with Crippen LogP contribution in [-0.2, 0) is 0 Å². The Kier molecular flexibility index (Phi) is 4.38. The summed E-state index contributed by atoms with van der Waals surface area (Å²) in [5.74, 6) is 0.462. The fraction of sp³-hybridized carbons (Fsp3) is 0.250. The van der Waals surface area contributed by atoms with Crippen LogP contribution in [0.15, 0.2) is 42.6 Å². The lowest BCUT2D eigenvalue weighted by Gasteiger charge is -2.17. The van der Waals surface area contributed by atoms with E-state index in [4.69, 9.17) is 0 Å². The summed E-state index contributed by atoms with van der Waals surface area (Å²) >= 11 is 2.16. The topological polar surface area (TPSA) is 45.2 Å². The molecule has 1 amide bonds. The van der Waals surface area contributed by atoms with Crippen molar-refractivity contribution in [2.24, 2.45) is 0 Å². The summed E-state index contributed by atoms with van der Waals surface area (Å²) in [5.41, 5.74) is 1.79. The third kappa shape index (κ3) is 3.34. The second-order valence-electron chi connectivity index (χ2n) is 5.03. The van der Waals surface area contributed by atoms with E-state index in [1.165, 1.54) is 12.8 Å². The number of carbonyl (C=O) groups is 1. The highest BCUT2D eigenvalue weighted by atomic mass is 127. The molecule has 1 aromatic carbocycles. The van der Waals surface area contributed by atoms with E-state index in [1.807, 2.05) is 42.6 Å². The van der Waals surface area contributed by atoms with E-state index in [0.29, 0.717) is 11.4 Å². The molecule has 21 heavy (non-hydrogen) atoms. The molecule has 2 heterocycles. The van der Waals surface area contributed by atoms with Gasteiger partial charge in [-0.15, -0.1) is 0 Å². The normalized spacial score (nSPS) is 14.2. The first-order valence-electron chi connectivity index (χ1n) is 7.01. The summed E-state index contributed by atoms with van der Waals surface area (Å²) in [6.07, 6.45) is 4.31. The van der Waals surface area contributed by atoms with Gasteiger partial charge in [0.15, 0.2) is 0 Å². The van der Waals surface area contributed by atoms with Crippen molar-refractivity contribution in [1.82, 2.24) is 4.98 Å². The Morgan fingerprint density at radius 2 is 1.90 bits per heavy atom. The monoisotopic (exact) mass is 393 g/mol. The Hall–Kier alpha value is -1.63. The minimum Gasteiger partial charge on any atom is -0.370 e. The van der Waals surface area contributed by atoms with Crippen LogP contribution < -0.4 is 10.2 Å². The molecule has 0 radical (unpaired) electrons. The minimum atomic E-state index is -0.124. The third-order valence-corrected chi connectivity index (χ3v) is 4.52. The molecule has 1 aliphatic rings. The van der Waals surface area contributed by atoms with Gasteiger partial charge in [-0.05, 0) is 59.7 Å². The summed E-state index contributed by atoms with van der Waals surface area (Å²) in [5, 5.41) is 2.84. The van der Waals surface area contributed by atoms with Crippen LogP contribution in [0, 0.1) is 3.57 Å². The largest absolute Gasteiger partial charge is 0.370 e. The maximum atomic E-state index is 12.2. The first-order valence-corrected chi connectivity index (χ1v) is 8.09. The Bertz CT molecular complexity index is 636. The van der Waals surface area contributed by atoms with Gasteiger partial charge in [0.1, 0.15) is 5.82 Å². The van der Waals surface area contributed by atoms with E-state index in [0.717, 1.165) is 22.3 Å². The van der Waals surface area contributed by atoms with Gasteiger partial charge in [-0.2, -0.15) is 0 Å². The van der Waals surface area contributed by atoms with Gasteiger partial charge in [-0.3, -0.25) is 4.79 Å².